The Morgan fingerprint density at radius 3 is 3.00 bits per heavy atom. The lowest BCUT2D eigenvalue weighted by Crippen LogP contribution is -2.33. The maximum absolute atomic E-state index is 12.4. The van der Waals surface area contributed by atoms with Crippen LogP contribution in [0.15, 0.2) is 18.2 Å². The van der Waals surface area contributed by atoms with Crippen LogP contribution in [0.3, 0.4) is 0 Å². The van der Waals surface area contributed by atoms with E-state index in [2.05, 4.69) is 5.32 Å². The predicted octanol–water partition coefficient (Wildman–Crippen LogP) is 1.87. The highest BCUT2D eigenvalue weighted by atomic mass is 35.5. The van der Waals surface area contributed by atoms with Gasteiger partial charge in [0.2, 0.25) is 0 Å². The smallest absolute Gasteiger partial charge is 0.257 e. The second-order valence-corrected chi connectivity index (χ2v) is 6.00. The number of benzene rings is 1. The molecule has 2 aliphatic rings. The monoisotopic (exact) mass is 280 g/mol. The molecule has 1 unspecified atom stereocenters. The number of nitrogens with zero attached hydrogens (tertiary/aromatic N) is 1. The lowest BCUT2D eigenvalue weighted by Gasteiger charge is -2.23. The molecule has 2 fully saturated rings. The van der Waals surface area contributed by atoms with Gasteiger partial charge in [0.1, 0.15) is 5.75 Å². The van der Waals surface area contributed by atoms with Crippen molar-refractivity contribution in [3.8, 4) is 5.75 Å². The molecule has 0 bridgehead atoms. The van der Waals surface area contributed by atoms with Crippen molar-refractivity contribution in [3.05, 3.63) is 28.8 Å². The number of phenolic OH excluding ortho intramolecular Hbond substituents is 1. The Bertz CT molecular complexity index is 512. The number of likely N-dealkylation sites (tertiary alicyclic amines) is 1. The predicted molar refractivity (Wildman–Crippen MR) is 73.6 cm³/mol. The van der Waals surface area contributed by atoms with Crippen LogP contribution in [0.1, 0.15) is 23.2 Å². The molecule has 5 heteroatoms. The van der Waals surface area contributed by atoms with Crippen LogP contribution >= 0.6 is 11.6 Å². The van der Waals surface area contributed by atoms with Gasteiger partial charge in [-0.15, -0.1) is 0 Å². The Hall–Kier alpha value is -1.26. The number of aromatic hydroxyl groups is 1. The summed E-state index contributed by atoms with van der Waals surface area (Å²) in [6.07, 6.45) is 2.16. The molecule has 2 aliphatic heterocycles. The Labute approximate surface area is 117 Å². The Kier molecular flexibility index (Phi) is 3.15. The molecule has 0 radical (unpaired) electrons. The first-order valence-corrected chi connectivity index (χ1v) is 6.96. The van der Waals surface area contributed by atoms with Crippen molar-refractivity contribution in [2.75, 3.05) is 26.2 Å². The van der Waals surface area contributed by atoms with Gasteiger partial charge in [-0.25, -0.2) is 0 Å². The van der Waals surface area contributed by atoms with Crippen molar-refractivity contribution >= 4 is 17.5 Å². The first-order valence-electron chi connectivity index (χ1n) is 6.58. The number of hydrogen-bond donors (Lipinski definition) is 2. The van der Waals surface area contributed by atoms with E-state index in [1.165, 1.54) is 12.1 Å². The molecule has 1 aromatic carbocycles. The maximum Gasteiger partial charge on any atom is 0.257 e. The zero-order chi connectivity index (χ0) is 13.5. The third-order valence-electron chi connectivity index (χ3n) is 4.25. The normalized spacial score (nSPS) is 26.3. The molecule has 2 N–H and O–H groups in total. The summed E-state index contributed by atoms with van der Waals surface area (Å²) in [6, 6.07) is 4.59. The van der Waals surface area contributed by atoms with Crippen LogP contribution in [0.4, 0.5) is 0 Å². The summed E-state index contributed by atoms with van der Waals surface area (Å²) in [5.74, 6) is -0.122. The van der Waals surface area contributed by atoms with Crippen LogP contribution in [0, 0.1) is 5.41 Å². The SMILES string of the molecule is O=C(c1cc(Cl)ccc1O)N1CCC2(CCNC2)C1. The quantitative estimate of drug-likeness (QED) is 0.826. The third kappa shape index (κ3) is 2.30. The number of nitrogens with one attached hydrogen (secondary N) is 1. The highest BCUT2D eigenvalue weighted by Crippen LogP contribution is 2.37. The number of carbonyl (C=O) groups is 1. The molecule has 0 saturated carbocycles. The largest absolute Gasteiger partial charge is 0.507 e. The van der Waals surface area contributed by atoms with Crippen LogP contribution in [-0.2, 0) is 0 Å². The highest BCUT2D eigenvalue weighted by Gasteiger charge is 2.42. The number of rotatable bonds is 1. The third-order valence-corrected chi connectivity index (χ3v) is 4.48. The van der Waals surface area contributed by atoms with E-state index in [1.807, 2.05) is 4.90 Å². The lowest BCUT2D eigenvalue weighted by atomic mass is 9.86. The summed E-state index contributed by atoms with van der Waals surface area (Å²) >= 11 is 5.90. The van der Waals surface area contributed by atoms with Gasteiger partial charge in [0.25, 0.3) is 5.91 Å². The van der Waals surface area contributed by atoms with E-state index in [4.69, 9.17) is 11.6 Å². The summed E-state index contributed by atoms with van der Waals surface area (Å²) in [7, 11) is 0. The second kappa shape index (κ2) is 4.69. The van der Waals surface area contributed by atoms with E-state index in [1.54, 1.807) is 6.07 Å². The zero-order valence-corrected chi connectivity index (χ0v) is 11.4. The number of carbonyl (C=O) groups excluding carboxylic acids is 1. The minimum Gasteiger partial charge on any atom is -0.507 e. The van der Waals surface area contributed by atoms with Crippen LogP contribution < -0.4 is 5.32 Å². The van der Waals surface area contributed by atoms with Gasteiger partial charge in [-0.1, -0.05) is 11.6 Å². The molecule has 1 amide bonds. The Morgan fingerprint density at radius 2 is 2.26 bits per heavy atom. The summed E-state index contributed by atoms with van der Waals surface area (Å²) in [6.45, 7) is 3.54. The van der Waals surface area contributed by atoms with Gasteiger partial charge < -0.3 is 15.3 Å². The molecule has 1 spiro atoms. The molecular weight excluding hydrogens is 264 g/mol. The fraction of sp³-hybridized carbons (Fsp3) is 0.500. The van der Waals surface area contributed by atoms with Crippen LogP contribution in [-0.4, -0.2) is 42.1 Å². The topological polar surface area (TPSA) is 52.6 Å². The van der Waals surface area contributed by atoms with Gasteiger partial charge in [0.05, 0.1) is 5.56 Å². The molecule has 1 atom stereocenters. The van der Waals surface area contributed by atoms with Gasteiger partial charge in [-0.2, -0.15) is 0 Å². The van der Waals surface area contributed by atoms with Crippen molar-refractivity contribution in [1.29, 1.82) is 0 Å². The van der Waals surface area contributed by atoms with E-state index >= 15 is 0 Å². The second-order valence-electron chi connectivity index (χ2n) is 5.56. The minimum atomic E-state index is -0.122. The fourth-order valence-electron chi connectivity index (χ4n) is 3.10. The maximum atomic E-state index is 12.4. The minimum absolute atomic E-state index is 0.0000954. The van der Waals surface area contributed by atoms with E-state index < -0.39 is 0 Å². The molecule has 0 aliphatic carbocycles. The van der Waals surface area contributed by atoms with Gasteiger partial charge in [-0.3, -0.25) is 4.79 Å². The van der Waals surface area contributed by atoms with Gasteiger partial charge in [0, 0.05) is 30.1 Å². The first-order chi connectivity index (χ1) is 9.10. The lowest BCUT2D eigenvalue weighted by molar-refractivity contribution is 0.0772. The van der Waals surface area contributed by atoms with Gasteiger partial charge in [-0.05, 0) is 37.6 Å². The molecule has 1 aromatic rings. The molecule has 3 rings (SSSR count). The molecule has 2 heterocycles. The van der Waals surface area contributed by atoms with Crippen molar-refractivity contribution < 1.29 is 9.90 Å². The average Bonchev–Trinajstić information content (AvgIpc) is 3.03. The average molecular weight is 281 g/mol. The summed E-state index contributed by atoms with van der Waals surface area (Å²) < 4.78 is 0. The molecule has 19 heavy (non-hydrogen) atoms. The Balaban J connectivity index is 1.79. The standard InChI is InChI=1S/C14H17ClN2O2/c15-10-1-2-12(18)11(7-10)13(19)17-6-4-14(9-17)3-5-16-8-14/h1-2,7,16,18H,3-6,8-9H2. The van der Waals surface area contributed by atoms with Gasteiger partial charge in [0.15, 0.2) is 0 Å². The van der Waals surface area contributed by atoms with Crippen LogP contribution in [0.25, 0.3) is 0 Å². The number of phenols is 1. The van der Waals surface area contributed by atoms with E-state index in [0.717, 1.165) is 39.0 Å². The van der Waals surface area contributed by atoms with E-state index in [-0.39, 0.29) is 17.1 Å². The molecular formula is C14H17ClN2O2. The van der Waals surface area contributed by atoms with Crippen molar-refractivity contribution in [3.63, 3.8) is 0 Å². The summed E-state index contributed by atoms with van der Waals surface area (Å²) in [5.41, 5.74) is 0.541. The fourth-order valence-corrected chi connectivity index (χ4v) is 3.27. The van der Waals surface area contributed by atoms with Crippen molar-refractivity contribution in [2.24, 2.45) is 5.41 Å². The Morgan fingerprint density at radius 1 is 1.42 bits per heavy atom. The van der Waals surface area contributed by atoms with Crippen molar-refractivity contribution in [2.45, 2.75) is 12.8 Å². The van der Waals surface area contributed by atoms with Crippen LogP contribution in [0.5, 0.6) is 5.75 Å². The zero-order valence-electron chi connectivity index (χ0n) is 10.7. The molecule has 102 valence electrons. The summed E-state index contributed by atoms with van der Waals surface area (Å²) in [4.78, 5) is 14.3. The number of amides is 1. The molecule has 2 saturated heterocycles. The molecule has 4 nitrogen and oxygen atoms in total. The van der Waals surface area contributed by atoms with E-state index in [9.17, 15) is 9.90 Å². The van der Waals surface area contributed by atoms with Gasteiger partial charge >= 0.3 is 0 Å². The number of halogens is 1. The van der Waals surface area contributed by atoms with Crippen LogP contribution in [0.2, 0.25) is 5.02 Å². The van der Waals surface area contributed by atoms with E-state index in [0.29, 0.717) is 10.6 Å². The first kappa shape index (κ1) is 12.8. The number of hydrogen-bond acceptors (Lipinski definition) is 3. The molecule has 0 aromatic heterocycles. The van der Waals surface area contributed by atoms with Crippen molar-refractivity contribution in [1.82, 2.24) is 10.2 Å². The highest BCUT2D eigenvalue weighted by molar-refractivity contribution is 6.31. The summed E-state index contributed by atoms with van der Waals surface area (Å²) in [5, 5.41) is 13.6.